The van der Waals surface area contributed by atoms with Crippen LogP contribution in [-0.2, 0) is 9.53 Å². The van der Waals surface area contributed by atoms with Gasteiger partial charge in [0, 0.05) is 19.2 Å². The van der Waals surface area contributed by atoms with Crippen molar-refractivity contribution in [1.29, 1.82) is 0 Å². The predicted molar refractivity (Wildman–Crippen MR) is 105 cm³/mol. The Kier molecular flexibility index (Phi) is 7.18. The van der Waals surface area contributed by atoms with Crippen LogP contribution in [0.3, 0.4) is 0 Å². The minimum Gasteiger partial charge on any atom is -0.465 e. The molecule has 0 radical (unpaired) electrons. The first-order chi connectivity index (χ1) is 15.2. The van der Waals surface area contributed by atoms with E-state index in [-0.39, 0.29) is 37.7 Å². The maximum Gasteiger partial charge on any atom is 0.425 e. The molecule has 186 valence electrons. The second-order valence-electron chi connectivity index (χ2n) is 8.79. The van der Waals surface area contributed by atoms with E-state index in [1.165, 1.54) is 23.2 Å². The molecule has 1 saturated carbocycles. The van der Waals surface area contributed by atoms with Crippen molar-refractivity contribution in [2.45, 2.75) is 69.5 Å². The first kappa shape index (κ1) is 25.5. The second kappa shape index (κ2) is 9.28. The SMILES string of the molecule is C[C@H](Oc1ccc(N2CC[C@]3(CC[C@@](O)(CCOCC(F)(F)F)CC3)C2=O)cn1)C(F)(F)F. The third kappa shape index (κ3) is 6.28. The number of ether oxygens (including phenoxy) is 2. The Bertz CT molecular complexity index is 820. The lowest BCUT2D eigenvalue weighted by Gasteiger charge is -2.41. The van der Waals surface area contributed by atoms with Gasteiger partial charge in [-0.3, -0.25) is 4.79 Å². The van der Waals surface area contributed by atoms with Gasteiger partial charge in [0.05, 0.1) is 22.9 Å². The fourth-order valence-electron chi connectivity index (χ4n) is 4.27. The van der Waals surface area contributed by atoms with Gasteiger partial charge in [-0.25, -0.2) is 4.98 Å². The summed E-state index contributed by atoms with van der Waals surface area (Å²) in [6.07, 6.45) is -7.79. The first-order valence-corrected chi connectivity index (χ1v) is 10.6. The normalized spacial score (nSPS) is 27.3. The first-order valence-electron chi connectivity index (χ1n) is 10.6. The fraction of sp³-hybridized carbons (Fsp3) is 0.714. The summed E-state index contributed by atoms with van der Waals surface area (Å²) in [7, 11) is 0. The molecule has 1 aliphatic heterocycles. The van der Waals surface area contributed by atoms with Crippen LogP contribution >= 0.6 is 0 Å². The Morgan fingerprint density at radius 3 is 2.33 bits per heavy atom. The summed E-state index contributed by atoms with van der Waals surface area (Å²) < 4.78 is 83.8. The smallest absolute Gasteiger partial charge is 0.425 e. The van der Waals surface area contributed by atoms with Crippen molar-refractivity contribution >= 4 is 11.6 Å². The van der Waals surface area contributed by atoms with Gasteiger partial charge in [-0.05, 0) is 51.5 Å². The van der Waals surface area contributed by atoms with Crippen LogP contribution in [0.2, 0.25) is 0 Å². The Hall–Kier alpha value is -2.08. The summed E-state index contributed by atoms with van der Waals surface area (Å²) in [5.41, 5.74) is -1.43. The third-order valence-electron chi connectivity index (χ3n) is 6.42. The van der Waals surface area contributed by atoms with Gasteiger partial charge < -0.3 is 19.5 Å². The molecular weight excluding hydrogens is 458 g/mol. The number of halogens is 6. The van der Waals surface area contributed by atoms with Crippen molar-refractivity contribution in [3.63, 3.8) is 0 Å². The molecule has 1 aliphatic carbocycles. The van der Waals surface area contributed by atoms with Crippen molar-refractivity contribution < 1.29 is 45.7 Å². The van der Waals surface area contributed by atoms with E-state index < -0.39 is 36.1 Å². The number of aromatic nitrogens is 1. The lowest BCUT2D eigenvalue weighted by molar-refractivity contribution is -0.190. The number of carbonyl (C=O) groups is 1. The van der Waals surface area contributed by atoms with E-state index in [1.807, 2.05) is 0 Å². The van der Waals surface area contributed by atoms with Gasteiger partial charge >= 0.3 is 12.4 Å². The number of rotatable bonds is 7. The fourth-order valence-corrected chi connectivity index (χ4v) is 4.27. The highest BCUT2D eigenvalue weighted by Crippen LogP contribution is 2.49. The zero-order chi connectivity index (χ0) is 24.5. The Morgan fingerprint density at radius 1 is 1.12 bits per heavy atom. The molecule has 12 heteroatoms. The number of pyridine rings is 1. The van der Waals surface area contributed by atoms with Gasteiger partial charge in [0.25, 0.3) is 0 Å². The van der Waals surface area contributed by atoms with Gasteiger partial charge in [0.2, 0.25) is 11.8 Å². The molecule has 2 aliphatic rings. The van der Waals surface area contributed by atoms with Gasteiger partial charge in [-0.2, -0.15) is 26.3 Å². The number of hydrogen-bond donors (Lipinski definition) is 1. The monoisotopic (exact) mass is 484 g/mol. The third-order valence-corrected chi connectivity index (χ3v) is 6.42. The number of amides is 1. The van der Waals surface area contributed by atoms with Gasteiger partial charge in [0.1, 0.15) is 6.61 Å². The van der Waals surface area contributed by atoms with Crippen LogP contribution < -0.4 is 9.64 Å². The summed E-state index contributed by atoms with van der Waals surface area (Å²) in [6.45, 7) is -0.327. The predicted octanol–water partition coefficient (Wildman–Crippen LogP) is 4.41. The molecule has 0 unspecified atom stereocenters. The zero-order valence-electron chi connectivity index (χ0n) is 18.0. The molecule has 1 aromatic heterocycles. The summed E-state index contributed by atoms with van der Waals surface area (Å²) in [5, 5.41) is 10.7. The van der Waals surface area contributed by atoms with E-state index >= 15 is 0 Å². The molecule has 0 aromatic carbocycles. The second-order valence-corrected chi connectivity index (χ2v) is 8.79. The van der Waals surface area contributed by atoms with E-state index in [4.69, 9.17) is 4.74 Å². The van der Waals surface area contributed by atoms with E-state index in [9.17, 15) is 36.2 Å². The van der Waals surface area contributed by atoms with Gasteiger partial charge in [0.15, 0.2) is 6.10 Å². The van der Waals surface area contributed by atoms with Crippen LogP contribution in [0.25, 0.3) is 0 Å². The number of hydrogen-bond acceptors (Lipinski definition) is 5. The largest absolute Gasteiger partial charge is 0.465 e. The molecule has 2 heterocycles. The molecule has 1 N–H and O–H groups in total. The summed E-state index contributed by atoms with van der Waals surface area (Å²) in [6, 6.07) is 2.75. The number of carbonyl (C=O) groups excluding carboxylic acids is 1. The maximum absolute atomic E-state index is 13.1. The van der Waals surface area contributed by atoms with E-state index in [1.54, 1.807) is 0 Å². The van der Waals surface area contributed by atoms with Crippen molar-refractivity contribution in [2.75, 3.05) is 24.7 Å². The summed E-state index contributed by atoms with van der Waals surface area (Å²) >= 11 is 0. The van der Waals surface area contributed by atoms with Crippen LogP contribution in [0.1, 0.15) is 45.4 Å². The Labute approximate surface area is 186 Å². The molecule has 6 nitrogen and oxygen atoms in total. The van der Waals surface area contributed by atoms with Crippen LogP contribution in [0, 0.1) is 5.41 Å². The average molecular weight is 484 g/mol. The van der Waals surface area contributed by atoms with Crippen LogP contribution in [0.5, 0.6) is 5.88 Å². The van der Waals surface area contributed by atoms with Gasteiger partial charge in [-0.1, -0.05) is 0 Å². The molecule has 1 amide bonds. The Morgan fingerprint density at radius 2 is 1.79 bits per heavy atom. The molecule has 3 rings (SSSR count). The van der Waals surface area contributed by atoms with Crippen molar-refractivity contribution in [3.05, 3.63) is 18.3 Å². The molecular formula is C21H26F6N2O4. The molecule has 0 bridgehead atoms. The summed E-state index contributed by atoms with van der Waals surface area (Å²) in [4.78, 5) is 18.5. The van der Waals surface area contributed by atoms with Crippen LogP contribution in [0.15, 0.2) is 18.3 Å². The lowest BCUT2D eigenvalue weighted by Crippen LogP contribution is -2.44. The number of aliphatic hydroxyl groups is 1. The molecule has 1 aromatic rings. The molecule has 1 spiro atoms. The number of nitrogens with zero attached hydrogens (tertiary/aromatic N) is 2. The topological polar surface area (TPSA) is 71.9 Å². The van der Waals surface area contributed by atoms with Crippen molar-refractivity contribution in [3.8, 4) is 5.88 Å². The Balaban J connectivity index is 1.55. The highest BCUT2D eigenvalue weighted by molar-refractivity contribution is 5.99. The van der Waals surface area contributed by atoms with E-state index in [2.05, 4.69) is 9.72 Å². The van der Waals surface area contributed by atoms with E-state index in [0.29, 0.717) is 31.5 Å². The minimum atomic E-state index is -4.52. The molecule has 1 saturated heterocycles. The minimum absolute atomic E-state index is 0.0544. The van der Waals surface area contributed by atoms with Crippen LogP contribution in [-0.4, -0.2) is 59.8 Å². The highest BCUT2D eigenvalue weighted by Gasteiger charge is 2.51. The number of anilines is 1. The zero-order valence-corrected chi connectivity index (χ0v) is 18.0. The van der Waals surface area contributed by atoms with E-state index in [0.717, 1.165) is 6.92 Å². The number of alkyl halides is 6. The molecule has 2 fully saturated rings. The summed E-state index contributed by atoms with van der Waals surface area (Å²) in [5.74, 6) is -0.364. The highest BCUT2D eigenvalue weighted by atomic mass is 19.4. The molecule has 33 heavy (non-hydrogen) atoms. The van der Waals surface area contributed by atoms with Crippen molar-refractivity contribution in [1.82, 2.24) is 4.98 Å². The van der Waals surface area contributed by atoms with Crippen molar-refractivity contribution in [2.24, 2.45) is 5.41 Å². The van der Waals surface area contributed by atoms with Crippen LogP contribution in [0.4, 0.5) is 32.0 Å². The standard InChI is InChI=1S/C21H26F6N2O4/c1-14(21(25,26)27)33-16-3-2-15(12-28-16)29-10-8-18(17(29)30)4-6-19(31,7-5-18)9-11-32-13-20(22,23)24/h2-3,12,14,31H,4-11,13H2,1H3/t14-,18-,19+/m0/s1. The van der Waals surface area contributed by atoms with Gasteiger partial charge in [-0.15, -0.1) is 0 Å². The average Bonchev–Trinajstić information content (AvgIpc) is 3.04. The molecule has 1 atom stereocenters. The lowest BCUT2D eigenvalue weighted by atomic mass is 9.67. The quantitative estimate of drug-likeness (QED) is 0.459. The maximum atomic E-state index is 13.1.